The molecular formula is C14H20ClN3O. The quantitative estimate of drug-likeness (QED) is 0.890. The summed E-state index contributed by atoms with van der Waals surface area (Å²) in [6.07, 6.45) is 0.945. The second-order valence-electron chi connectivity index (χ2n) is 5.19. The molecule has 0 bridgehead atoms. The third-order valence-corrected chi connectivity index (χ3v) is 3.90. The highest BCUT2D eigenvalue weighted by atomic mass is 35.5. The minimum absolute atomic E-state index is 0.0317. The van der Waals surface area contributed by atoms with Gasteiger partial charge in [-0.25, -0.2) is 0 Å². The fourth-order valence-electron chi connectivity index (χ4n) is 2.35. The number of benzene rings is 1. The normalized spacial score (nSPS) is 24.2. The van der Waals surface area contributed by atoms with Gasteiger partial charge in [-0.1, -0.05) is 30.7 Å². The summed E-state index contributed by atoms with van der Waals surface area (Å²) in [5, 5.41) is 3.40. The number of para-hydroxylation sites is 1. The van der Waals surface area contributed by atoms with Crippen LogP contribution in [0.25, 0.3) is 0 Å². The molecule has 0 aliphatic carbocycles. The molecule has 19 heavy (non-hydrogen) atoms. The zero-order valence-electron chi connectivity index (χ0n) is 11.1. The molecule has 104 valence electrons. The third-order valence-electron chi connectivity index (χ3n) is 3.57. The van der Waals surface area contributed by atoms with E-state index in [4.69, 9.17) is 17.3 Å². The van der Waals surface area contributed by atoms with E-state index in [-0.39, 0.29) is 11.9 Å². The highest BCUT2D eigenvalue weighted by Crippen LogP contribution is 2.20. The molecule has 1 amide bonds. The van der Waals surface area contributed by atoms with Gasteiger partial charge in [0.1, 0.15) is 0 Å². The fraction of sp³-hybridized carbons (Fsp3) is 0.500. The SMILES string of the molecule is CC1CN(CC(=O)Nc2ccccc2Cl)CCC1N. The summed E-state index contributed by atoms with van der Waals surface area (Å²) in [5.41, 5.74) is 6.63. The van der Waals surface area contributed by atoms with E-state index in [0.717, 1.165) is 19.5 Å². The fourth-order valence-corrected chi connectivity index (χ4v) is 2.53. The van der Waals surface area contributed by atoms with E-state index in [9.17, 15) is 4.79 Å². The average molecular weight is 282 g/mol. The standard InChI is InChI=1S/C14H20ClN3O/c1-10-8-18(7-6-12(10)16)9-14(19)17-13-5-3-2-4-11(13)15/h2-5,10,12H,6-9,16H2,1H3,(H,17,19). The first kappa shape index (κ1) is 14.3. The molecule has 1 heterocycles. The Bertz CT molecular complexity index is 452. The molecule has 0 aromatic heterocycles. The van der Waals surface area contributed by atoms with Gasteiger partial charge in [0.2, 0.25) is 5.91 Å². The molecule has 0 saturated carbocycles. The number of hydrogen-bond donors (Lipinski definition) is 2. The summed E-state index contributed by atoms with van der Waals surface area (Å²) in [4.78, 5) is 14.1. The Morgan fingerprint density at radius 3 is 2.95 bits per heavy atom. The highest BCUT2D eigenvalue weighted by Gasteiger charge is 2.24. The second-order valence-corrected chi connectivity index (χ2v) is 5.60. The predicted octanol–water partition coefficient (Wildman–Crippen LogP) is 1.95. The lowest BCUT2D eigenvalue weighted by Crippen LogP contribution is -2.48. The van der Waals surface area contributed by atoms with Gasteiger partial charge in [0, 0.05) is 19.1 Å². The Kier molecular flexibility index (Phi) is 4.80. The van der Waals surface area contributed by atoms with E-state index in [1.165, 1.54) is 0 Å². The van der Waals surface area contributed by atoms with Gasteiger partial charge in [-0.05, 0) is 24.5 Å². The third kappa shape index (κ3) is 3.93. The van der Waals surface area contributed by atoms with Crippen LogP contribution in [0.15, 0.2) is 24.3 Å². The number of nitrogens with two attached hydrogens (primary N) is 1. The van der Waals surface area contributed by atoms with Crippen molar-refractivity contribution in [2.45, 2.75) is 19.4 Å². The van der Waals surface area contributed by atoms with Crippen molar-refractivity contribution in [3.8, 4) is 0 Å². The van der Waals surface area contributed by atoms with Gasteiger partial charge in [0.15, 0.2) is 0 Å². The molecule has 3 N–H and O–H groups in total. The molecule has 1 aliphatic heterocycles. The Morgan fingerprint density at radius 2 is 2.26 bits per heavy atom. The molecule has 1 aliphatic rings. The van der Waals surface area contributed by atoms with Crippen LogP contribution in [-0.2, 0) is 4.79 Å². The van der Waals surface area contributed by atoms with E-state index in [1.54, 1.807) is 12.1 Å². The molecule has 2 rings (SSSR count). The highest BCUT2D eigenvalue weighted by molar-refractivity contribution is 6.33. The van der Waals surface area contributed by atoms with Crippen LogP contribution in [0, 0.1) is 5.92 Å². The molecule has 2 unspecified atom stereocenters. The van der Waals surface area contributed by atoms with Gasteiger partial charge < -0.3 is 11.1 Å². The number of rotatable bonds is 3. The van der Waals surface area contributed by atoms with Gasteiger partial charge >= 0.3 is 0 Å². The molecule has 1 saturated heterocycles. The molecule has 0 radical (unpaired) electrons. The summed E-state index contributed by atoms with van der Waals surface area (Å²) < 4.78 is 0. The van der Waals surface area contributed by atoms with Crippen LogP contribution in [0.2, 0.25) is 5.02 Å². The van der Waals surface area contributed by atoms with Crippen LogP contribution < -0.4 is 11.1 Å². The van der Waals surface area contributed by atoms with Crippen LogP contribution in [0.3, 0.4) is 0 Å². The van der Waals surface area contributed by atoms with Crippen molar-refractivity contribution in [1.29, 1.82) is 0 Å². The number of carbonyl (C=O) groups is 1. The molecule has 1 aromatic carbocycles. The maximum absolute atomic E-state index is 12.0. The first-order chi connectivity index (χ1) is 9.06. The number of nitrogens with zero attached hydrogens (tertiary/aromatic N) is 1. The van der Waals surface area contributed by atoms with Crippen molar-refractivity contribution in [1.82, 2.24) is 4.90 Å². The maximum Gasteiger partial charge on any atom is 0.238 e. The average Bonchev–Trinajstić information content (AvgIpc) is 2.37. The number of piperidine rings is 1. The number of hydrogen-bond acceptors (Lipinski definition) is 3. The van der Waals surface area contributed by atoms with Gasteiger partial charge in [-0.3, -0.25) is 9.69 Å². The van der Waals surface area contributed by atoms with Gasteiger partial charge in [-0.15, -0.1) is 0 Å². The van der Waals surface area contributed by atoms with E-state index in [2.05, 4.69) is 17.1 Å². The van der Waals surface area contributed by atoms with Crippen molar-refractivity contribution in [3.63, 3.8) is 0 Å². The number of likely N-dealkylation sites (tertiary alicyclic amines) is 1. The van der Waals surface area contributed by atoms with Crippen molar-refractivity contribution >= 4 is 23.2 Å². The van der Waals surface area contributed by atoms with E-state index in [0.29, 0.717) is 23.2 Å². The summed E-state index contributed by atoms with van der Waals surface area (Å²) in [6.45, 7) is 4.27. The van der Waals surface area contributed by atoms with E-state index in [1.807, 2.05) is 12.1 Å². The number of amides is 1. The monoisotopic (exact) mass is 281 g/mol. The molecule has 1 fully saturated rings. The Morgan fingerprint density at radius 1 is 1.53 bits per heavy atom. The molecule has 0 spiro atoms. The zero-order valence-corrected chi connectivity index (χ0v) is 11.9. The van der Waals surface area contributed by atoms with Crippen LogP contribution in [0.5, 0.6) is 0 Å². The largest absolute Gasteiger partial charge is 0.327 e. The van der Waals surface area contributed by atoms with Crippen LogP contribution >= 0.6 is 11.6 Å². The zero-order chi connectivity index (χ0) is 13.8. The second kappa shape index (κ2) is 6.37. The predicted molar refractivity (Wildman–Crippen MR) is 78.3 cm³/mol. The lowest BCUT2D eigenvalue weighted by atomic mass is 9.95. The lowest BCUT2D eigenvalue weighted by molar-refractivity contribution is -0.117. The number of nitrogens with one attached hydrogen (secondary N) is 1. The molecule has 4 nitrogen and oxygen atoms in total. The van der Waals surface area contributed by atoms with E-state index >= 15 is 0 Å². The smallest absolute Gasteiger partial charge is 0.238 e. The summed E-state index contributed by atoms with van der Waals surface area (Å²) in [6, 6.07) is 7.51. The number of anilines is 1. The first-order valence-corrected chi connectivity index (χ1v) is 6.96. The minimum atomic E-state index is -0.0317. The maximum atomic E-state index is 12.0. The lowest BCUT2D eigenvalue weighted by Gasteiger charge is -2.34. The van der Waals surface area contributed by atoms with Crippen molar-refractivity contribution in [2.24, 2.45) is 11.7 Å². The van der Waals surface area contributed by atoms with Crippen LogP contribution in [0.4, 0.5) is 5.69 Å². The van der Waals surface area contributed by atoms with E-state index < -0.39 is 0 Å². The number of halogens is 1. The minimum Gasteiger partial charge on any atom is -0.327 e. The van der Waals surface area contributed by atoms with Gasteiger partial charge in [0.25, 0.3) is 0 Å². The topological polar surface area (TPSA) is 58.4 Å². The van der Waals surface area contributed by atoms with Crippen molar-refractivity contribution in [3.05, 3.63) is 29.3 Å². The molecule has 5 heteroatoms. The van der Waals surface area contributed by atoms with Crippen molar-refractivity contribution in [2.75, 3.05) is 25.0 Å². The van der Waals surface area contributed by atoms with Gasteiger partial charge in [0.05, 0.1) is 17.3 Å². The summed E-state index contributed by atoms with van der Waals surface area (Å²) in [7, 11) is 0. The molecule has 2 atom stereocenters. The summed E-state index contributed by atoms with van der Waals surface area (Å²) in [5.74, 6) is 0.401. The van der Waals surface area contributed by atoms with Crippen LogP contribution in [0.1, 0.15) is 13.3 Å². The Balaban J connectivity index is 1.87. The Labute approximate surface area is 118 Å². The van der Waals surface area contributed by atoms with Crippen molar-refractivity contribution < 1.29 is 4.79 Å². The summed E-state index contributed by atoms with van der Waals surface area (Å²) >= 11 is 6.01. The van der Waals surface area contributed by atoms with Crippen LogP contribution in [-0.4, -0.2) is 36.5 Å². The molecule has 1 aromatic rings. The molecular weight excluding hydrogens is 262 g/mol. The Hall–Kier alpha value is -1.10. The first-order valence-electron chi connectivity index (χ1n) is 6.58. The number of carbonyl (C=O) groups excluding carboxylic acids is 1. The van der Waals surface area contributed by atoms with Gasteiger partial charge in [-0.2, -0.15) is 0 Å².